The van der Waals surface area contributed by atoms with E-state index in [0.29, 0.717) is 0 Å². The first-order chi connectivity index (χ1) is 6.18. The zero-order valence-corrected chi connectivity index (χ0v) is 8.55. The Labute approximate surface area is 80.0 Å². The molecule has 0 amide bonds. The van der Waals surface area contributed by atoms with Gasteiger partial charge in [-0.05, 0) is 13.0 Å². The number of hydrogen-bond acceptors (Lipinski definition) is 3. The van der Waals surface area contributed by atoms with Crippen LogP contribution < -0.4 is 5.32 Å². The third-order valence-corrected chi connectivity index (χ3v) is 1.30. The molecule has 0 heterocycles. The van der Waals surface area contributed by atoms with Crippen LogP contribution in [-0.2, 0) is 4.79 Å². The van der Waals surface area contributed by atoms with Crippen LogP contribution in [0.4, 0.5) is 0 Å². The summed E-state index contributed by atoms with van der Waals surface area (Å²) in [5.41, 5.74) is 0. The molecule has 0 atom stereocenters. The predicted molar refractivity (Wildman–Crippen MR) is 52.8 cm³/mol. The summed E-state index contributed by atoms with van der Waals surface area (Å²) in [7, 11) is 0. The molecular formula is C9H21NO3. The number of aliphatic hydroxyl groups excluding tert-OH is 1. The molecule has 4 nitrogen and oxygen atoms in total. The fourth-order valence-corrected chi connectivity index (χ4v) is 0.506. The lowest BCUT2D eigenvalue weighted by Gasteiger charge is -1.97. The van der Waals surface area contributed by atoms with Crippen molar-refractivity contribution in [3.05, 3.63) is 0 Å². The van der Waals surface area contributed by atoms with Crippen LogP contribution in [0, 0.1) is 0 Å². The number of carboxylic acids is 1. The Morgan fingerprint density at radius 2 is 1.85 bits per heavy atom. The first-order valence-electron chi connectivity index (χ1n) is 4.72. The summed E-state index contributed by atoms with van der Waals surface area (Å²) in [6.45, 7) is 5.78. The second-order valence-electron chi connectivity index (χ2n) is 2.57. The maximum atomic E-state index is 9.37. The van der Waals surface area contributed by atoms with E-state index in [-0.39, 0.29) is 13.0 Å². The monoisotopic (exact) mass is 191 g/mol. The minimum absolute atomic E-state index is 0.222. The zero-order chi connectivity index (χ0) is 10.5. The molecule has 0 aliphatic rings. The van der Waals surface area contributed by atoms with Gasteiger partial charge in [-0.2, -0.15) is 0 Å². The molecule has 80 valence electrons. The molecule has 0 aromatic heterocycles. The Bertz CT molecular complexity index is 101. The molecule has 0 spiro atoms. The lowest BCUT2D eigenvalue weighted by Crippen LogP contribution is -2.18. The van der Waals surface area contributed by atoms with Crippen LogP contribution in [0.15, 0.2) is 0 Å². The molecule has 0 radical (unpaired) electrons. The molecule has 0 aliphatic carbocycles. The zero-order valence-electron chi connectivity index (χ0n) is 8.55. The van der Waals surface area contributed by atoms with E-state index in [1.165, 1.54) is 12.8 Å². The molecule has 0 saturated carbocycles. The van der Waals surface area contributed by atoms with Gasteiger partial charge in [-0.15, -0.1) is 0 Å². The quantitative estimate of drug-likeness (QED) is 0.544. The van der Waals surface area contributed by atoms with Gasteiger partial charge in [-0.3, -0.25) is 4.79 Å². The smallest absolute Gasteiger partial charge is 0.303 e. The average molecular weight is 191 g/mol. The van der Waals surface area contributed by atoms with Gasteiger partial charge < -0.3 is 15.5 Å². The van der Waals surface area contributed by atoms with Gasteiger partial charge in [0.1, 0.15) is 0 Å². The third-order valence-electron chi connectivity index (χ3n) is 1.30. The molecule has 0 aromatic carbocycles. The van der Waals surface area contributed by atoms with Crippen LogP contribution in [0.1, 0.15) is 33.1 Å². The van der Waals surface area contributed by atoms with Gasteiger partial charge in [-0.25, -0.2) is 0 Å². The SMILES string of the molecule is CCC(=O)O.CCCCNCCO. The lowest BCUT2D eigenvalue weighted by atomic mass is 10.3. The maximum absolute atomic E-state index is 9.37. The highest BCUT2D eigenvalue weighted by Gasteiger charge is 1.81. The second kappa shape index (κ2) is 13.9. The number of nitrogens with one attached hydrogen (secondary N) is 1. The molecule has 0 fully saturated rings. The number of rotatable bonds is 6. The van der Waals surface area contributed by atoms with Gasteiger partial charge in [0.15, 0.2) is 0 Å². The van der Waals surface area contributed by atoms with Gasteiger partial charge in [0, 0.05) is 13.0 Å². The van der Waals surface area contributed by atoms with E-state index in [4.69, 9.17) is 10.2 Å². The van der Waals surface area contributed by atoms with Crippen LogP contribution in [0.25, 0.3) is 0 Å². The van der Waals surface area contributed by atoms with Crippen molar-refractivity contribution in [2.45, 2.75) is 33.1 Å². The van der Waals surface area contributed by atoms with E-state index >= 15 is 0 Å². The topological polar surface area (TPSA) is 69.6 Å². The summed E-state index contributed by atoms with van der Waals surface area (Å²) in [4.78, 5) is 9.37. The maximum Gasteiger partial charge on any atom is 0.303 e. The molecule has 0 bridgehead atoms. The van der Waals surface area contributed by atoms with Crippen molar-refractivity contribution in [1.82, 2.24) is 5.32 Å². The Kier molecular flexibility index (Phi) is 16.0. The minimum Gasteiger partial charge on any atom is -0.481 e. The van der Waals surface area contributed by atoms with Crippen LogP contribution >= 0.6 is 0 Å². The molecule has 3 N–H and O–H groups in total. The van der Waals surface area contributed by atoms with E-state index in [9.17, 15) is 4.79 Å². The first-order valence-corrected chi connectivity index (χ1v) is 4.72. The van der Waals surface area contributed by atoms with E-state index in [0.717, 1.165) is 13.1 Å². The minimum atomic E-state index is -0.745. The summed E-state index contributed by atoms with van der Waals surface area (Å²) >= 11 is 0. The summed E-state index contributed by atoms with van der Waals surface area (Å²) in [6.07, 6.45) is 2.65. The molecule has 0 unspecified atom stereocenters. The summed E-state index contributed by atoms with van der Waals surface area (Å²) in [6, 6.07) is 0. The van der Waals surface area contributed by atoms with Gasteiger partial charge in [0.05, 0.1) is 6.61 Å². The highest BCUT2D eigenvalue weighted by molar-refractivity contribution is 5.66. The number of carboxylic acid groups (broad SMARTS) is 1. The van der Waals surface area contributed by atoms with Crippen LogP contribution in [-0.4, -0.2) is 35.9 Å². The van der Waals surface area contributed by atoms with Crippen LogP contribution in [0.3, 0.4) is 0 Å². The number of aliphatic carboxylic acids is 1. The van der Waals surface area contributed by atoms with E-state index in [1.807, 2.05) is 0 Å². The van der Waals surface area contributed by atoms with Crippen molar-refractivity contribution in [1.29, 1.82) is 0 Å². The normalized spacial score (nSPS) is 8.85. The van der Waals surface area contributed by atoms with Crippen molar-refractivity contribution in [3.63, 3.8) is 0 Å². The lowest BCUT2D eigenvalue weighted by molar-refractivity contribution is -0.136. The van der Waals surface area contributed by atoms with Crippen LogP contribution in [0.2, 0.25) is 0 Å². The average Bonchev–Trinajstić information content (AvgIpc) is 2.14. The summed E-state index contributed by atoms with van der Waals surface area (Å²) in [5, 5.41) is 19.1. The van der Waals surface area contributed by atoms with Crippen molar-refractivity contribution < 1.29 is 15.0 Å². The van der Waals surface area contributed by atoms with Crippen molar-refractivity contribution in [2.24, 2.45) is 0 Å². The molecule has 13 heavy (non-hydrogen) atoms. The Hall–Kier alpha value is -0.610. The molecular weight excluding hydrogens is 170 g/mol. The molecule has 0 rings (SSSR count). The predicted octanol–water partition coefficient (Wildman–Crippen LogP) is 0.849. The highest BCUT2D eigenvalue weighted by atomic mass is 16.4. The molecule has 0 aromatic rings. The number of aliphatic hydroxyl groups is 1. The number of unbranched alkanes of at least 4 members (excludes halogenated alkanes) is 1. The standard InChI is InChI=1S/C6H15NO.C3H6O2/c1-2-3-4-7-5-6-8;1-2-3(4)5/h7-8H,2-6H2,1H3;2H2,1H3,(H,4,5). The van der Waals surface area contributed by atoms with Crippen LogP contribution in [0.5, 0.6) is 0 Å². The van der Waals surface area contributed by atoms with Gasteiger partial charge >= 0.3 is 5.97 Å². The largest absolute Gasteiger partial charge is 0.481 e. The third kappa shape index (κ3) is 24.6. The fourth-order valence-electron chi connectivity index (χ4n) is 0.506. The molecule has 4 heteroatoms. The highest BCUT2D eigenvalue weighted by Crippen LogP contribution is 1.80. The second-order valence-corrected chi connectivity index (χ2v) is 2.57. The Morgan fingerprint density at radius 3 is 2.15 bits per heavy atom. The summed E-state index contributed by atoms with van der Waals surface area (Å²) < 4.78 is 0. The molecule has 0 saturated heterocycles. The Morgan fingerprint density at radius 1 is 1.31 bits per heavy atom. The van der Waals surface area contributed by atoms with E-state index in [2.05, 4.69) is 12.2 Å². The summed E-state index contributed by atoms with van der Waals surface area (Å²) in [5.74, 6) is -0.745. The first kappa shape index (κ1) is 14.9. The molecule has 0 aliphatic heterocycles. The van der Waals surface area contributed by atoms with Crippen molar-refractivity contribution in [3.8, 4) is 0 Å². The van der Waals surface area contributed by atoms with E-state index in [1.54, 1.807) is 6.92 Å². The fraction of sp³-hybridized carbons (Fsp3) is 0.889. The number of carbonyl (C=O) groups is 1. The number of hydrogen-bond donors (Lipinski definition) is 3. The van der Waals surface area contributed by atoms with Gasteiger partial charge in [0.25, 0.3) is 0 Å². The van der Waals surface area contributed by atoms with E-state index < -0.39 is 5.97 Å². The van der Waals surface area contributed by atoms with Gasteiger partial charge in [-0.1, -0.05) is 20.3 Å². The van der Waals surface area contributed by atoms with Gasteiger partial charge in [0.2, 0.25) is 0 Å². The van der Waals surface area contributed by atoms with Crippen molar-refractivity contribution >= 4 is 5.97 Å². The Balaban J connectivity index is 0. The van der Waals surface area contributed by atoms with Crippen molar-refractivity contribution in [2.75, 3.05) is 19.7 Å².